The molecule has 1 unspecified atom stereocenters. The Bertz CT molecular complexity index is 876. The summed E-state index contributed by atoms with van der Waals surface area (Å²) in [7, 11) is 0. The van der Waals surface area contributed by atoms with Crippen LogP contribution in [-0.2, 0) is 4.79 Å². The van der Waals surface area contributed by atoms with Crippen molar-refractivity contribution in [2.45, 2.75) is 37.5 Å². The molecule has 1 amide bonds. The Balaban J connectivity index is 1.78. The predicted molar refractivity (Wildman–Crippen MR) is 96.2 cm³/mol. The molecule has 0 bridgehead atoms. The van der Waals surface area contributed by atoms with Gasteiger partial charge in [0.1, 0.15) is 16.9 Å². The smallest absolute Gasteiger partial charge is 0.237 e. The van der Waals surface area contributed by atoms with E-state index in [2.05, 4.69) is 31.3 Å². The minimum atomic E-state index is -0.243. The van der Waals surface area contributed by atoms with E-state index in [1.807, 2.05) is 32.9 Å². The van der Waals surface area contributed by atoms with Crippen LogP contribution >= 0.6 is 11.8 Å². The Morgan fingerprint density at radius 3 is 2.88 bits per heavy atom. The number of H-pyrrole nitrogens is 1. The fraction of sp³-hybridized carbons (Fsp3) is 0.294. The first-order chi connectivity index (χ1) is 11.6. The number of carbonyl (C=O) groups excluding carboxylic acids is 1. The van der Waals surface area contributed by atoms with E-state index in [-0.39, 0.29) is 11.2 Å². The molecule has 2 aromatic heterocycles. The zero-order valence-electron chi connectivity index (χ0n) is 13.8. The van der Waals surface area contributed by atoms with Gasteiger partial charge in [-0.2, -0.15) is 0 Å². The third-order valence-corrected chi connectivity index (χ3v) is 5.11. The van der Waals surface area contributed by atoms with E-state index in [1.165, 1.54) is 23.7 Å². The molecule has 6 nitrogen and oxygen atoms in total. The number of fused-ring (bicyclic) bond motifs is 1. The minimum Gasteiger partial charge on any atom is -0.341 e. The van der Waals surface area contributed by atoms with Crippen molar-refractivity contribution in [2.75, 3.05) is 5.32 Å². The lowest BCUT2D eigenvalue weighted by molar-refractivity contribution is -0.115. The van der Waals surface area contributed by atoms with E-state index >= 15 is 0 Å². The van der Waals surface area contributed by atoms with Crippen molar-refractivity contribution >= 4 is 34.5 Å². The van der Waals surface area contributed by atoms with Gasteiger partial charge in [0.15, 0.2) is 5.65 Å². The van der Waals surface area contributed by atoms with E-state index in [0.29, 0.717) is 12.1 Å². The van der Waals surface area contributed by atoms with Gasteiger partial charge in [-0.05, 0) is 31.9 Å². The quantitative estimate of drug-likeness (QED) is 0.548. The van der Waals surface area contributed by atoms with Crippen LogP contribution in [0.1, 0.15) is 24.5 Å². The van der Waals surface area contributed by atoms with Gasteiger partial charge in [-0.25, -0.2) is 15.0 Å². The molecular weight excluding hydrogens is 322 g/mol. The van der Waals surface area contributed by atoms with Gasteiger partial charge in [-0.3, -0.25) is 4.79 Å². The molecule has 2 N–H and O–H groups in total. The topological polar surface area (TPSA) is 83.6 Å². The van der Waals surface area contributed by atoms with Gasteiger partial charge in [0.25, 0.3) is 0 Å². The fourth-order valence-electron chi connectivity index (χ4n) is 2.46. The maximum Gasteiger partial charge on any atom is 0.237 e. The first-order valence-electron chi connectivity index (χ1n) is 7.77. The Labute approximate surface area is 144 Å². The second kappa shape index (κ2) is 7.00. The molecule has 0 aliphatic carbocycles. The molecular formula is C17H19N5OS. The number of hydrogen-bond donors (Lipinski definition) is 2. The number of anilines is 1. The molecule has 124 valence electrons. The maximum absolute atomic E-state index is 12.7. The highest BCUT2D eigenvalue weighted by Crippen LogP contribution is 2.29. The van der Waals surface area contributed by atoms with Crippen LogP contribution in [0.2, 0.25) is 0 Å². The summed E-state index contributed by atoms with van der Waals surface area (Å²) in [5.41, 5.74) is 4.45. The number of amides is 1. The van der Waals surface area contributed by atoms with Crippen LogP contribution in [0.4, 0.5) is 5.69 Å². The number of hydrogen-bond acceptors (Lipinski definition) is 5. The van der Waals surface area contributed by atoms with Gasteiger partial charge >= 0.3 is 0 Å². The standard InChI is InChI=1S/C17H19N5OS/c1-4-13(16(23)22-12-6-5-10(2)7-11(12)3)24-17-14-15(19-8-18-14)20-9-21-17/h5-9,13H,4H2,1-3H3,(H,22,23)(H,18,19,20,21). The van der Waals surface area contributed by atoms with Crippen LogP contribution < -0.4 is 5.32 Å². The summed E-state index contributed by atoms with van der Waals surface area (Å²) in [5.74, 6) is -0.0271. The molecule has 0 saturated carbocycles. The minimum absolute atomic E-state index is 0.0271. The van der Waals surface area contributed by atoms with E-state index in [1.54, 1.807) is 6.33 Å². The van der Waals surface area contributed by atoms with Gasteiger partial charge < -0.3 is 10.3 Å². The van der Waals surface area contributed by atoms with Crippen molar-refractivity contribution in [1.82, 2.24) is 19.9 Å². The molecule has 3 aromatic rings. The van der Waals surface area contributed by atoms with Crippen molar-refractivity contribution in [3.8, 4) is 0 Å². The van der Waals surface area contributed by atoms with Gasteiger partial charge in [-0.1, -0.05) is 36.4 Å². The summed E-state index contributed by atoms with van der Waals surface area (Å²) in [4.78, 5) is 28.2. The molecule has 1 atom stereocenters. The summed E-state index contributed by atoms with van der Waals surface area (Å²) in [5, 5.41) is 3.51. The van der Waals surface area contributed by atoms with Crippen LogP contribution in [0.25, 0.3) is 11.2 Å². The normalized spacial score (nSPS) is 12.3. The van der Waals surface area contributed by atoms with Crippen molar-refractivity contribution < 1.29 is 4.79 Å². The van der Waals surface area contributed by atoms with Crippen LogP contribution in [0, 0.1) is 13.8 Å². The maximum atomic E-state index is 12.7. The van der Waals surface area contributed by atoms with Gasteiger partial charge in [0, 0.05) is 5.69 Å². The monoisotopic (exact) mass is 341 g/mol. The number of aromatic nitrogens is 4. The average molecular weight is 341 g/mol. The van der Waals surface area contributed by atoms with Crippen molar-refractivity contribution in [1.29, 1.82) is 0 Å². The first kappa shape index (κ1) is 16.4. The van der Waals surface area contributed by atoms with E-state index in [0.717, 1.165) is 21.8 Å². The molecule has 2 heterocycles. The molecule has 0 aliphatic rings. The highest BCUT2D eigenvalue weighted by molar-refractivity contribution is 8.00. The number of imidazole rings is 1. The van der Waals surface area contributed by atoms with Crippen LogP contribution in [0.3, 0.4) is 0 Å². The number of carbonyl (C=O) groups is 1. The van der Waals surface area contributed by atoms with Gasteiger partial charge in [0.2, 0.25) is 5.91 Å². The second-order valence-electron chi connectivity index (χ2n) is 5.60. The molecule has 0 aliphatic heterocycles. The zero-order valence-corrected chi connectivity index (χ0v) is 14.6. The summed E-state index contributed by atoms with van der Waals surface area (Å²) >= 11 is 1.42. The fourth-order valence-corrected chi connectivity index (χ4v) is 3.43. The Hall–Kier alpha value is -2.41. The van der Waals surface area contributed by atoms with Gasteiger partial charge in [0.05, 0.1) is 11.6 Å². The molecule has 1 aromatic carbocycles. The summed E-state index contributed by atoms with van der Waals surface area (Å²) in [6.07, 6.45) is 3.75. The number of nitrogens with zero attached hydrogens (tertiary/aromatic N) is 3. The molecule has 7 heteroatoms. The Kier molecular flexibility index (Phi) is 4.80. The molecule has 24 heavy (non-hydrogen) atoms. The van der Waals surface area contributed by atoms with Crippen LogP contribution in [0.5, 0.6) is 0 Å². The highest BCUT2D eigenvalue weighted by atomic mass is 32.2. The van der Waals surface area contributed by atoms with Crippen LogP contribution in [-0.4, -0.2) is 31.1 Å². The lowest BCUT2D eigenvalue weighted by Gasteiger charge is -2.16. The third kappa shape index (κ3) is 3.41. The Morgan fingerprint density at radius 1 is 1.29 bits per heavy atom. The second-order valence-corrected chi connectivity index (χ2v) is 6.79. The van der Waals surface area contributed by atoms with E-state index in [4.69, 9.17) is 0 Å². The average Bonchev–Trinajstić information content (AvgIpc) is 3.04. The number of aromatic amines is 1. The summed E-state index contributed by atoms with van der Waals surface area (Å²) < 4.78 is 0. The lowest BCUT2D eigenvalue weighted by Crippen LogP contribution is -2.25. The SMILES string of the molecule is CCC(Sc1ncnc2nc[nH]c12)C(=O)Nc1ccc(C)cc1C. The van der Waals surface area contributed by atoms with Crippen molar-refractivity contribution in [3.05, 3.63) is 42.0 Å². The molecule has 3 rings (SSSR count). The highest BCUT2D eigenvalue weighted by Gasteiger charge is 2.21. The number of thioether (sulfide) groups is 1. The molecule has 0 spiro atoms. The zero-order chi connectivity index (χ0) is 17.1. The van der Waals surface area contributed by atoms with Crippen molar-refractivity contribution in [2.24, 2.45) is 0 Å². The van der Waals surface area contributed by atoms with Gasteiger partial charge in [-0.15, -0.1) is 0 Å². The number of nitrogens with one attached hydrogen (secondary N) is 2. The molecule has 0 fully saturated rings. The number of rotatable bonds is 5. The third-order valence-electron chi connectivity index (χ3n) is 3.75. The summed E-state index contributed by atoms with van der Waals surface area (Å²) in [6.45, 7) is 6.02. The number of benzene rings is 1. The van der Waals surface area contributed by atoms with E-state index < -0.39 is 0 Å². The number of aryl methyl sites for hydroxylation is 2. The van der Waals surface area contributed by atoms with E-state index in [9.17, 15) is 4.79 Å². The van der Waals surface area contributed by atoms with Crippen molar-refractivity contribution in [3.63, 3.8) is 0 Å². The largest absolute Gasteiger partial charge is 0.341 e. The van der Waals surface area contributed by atoms with Crippen LogP contribution in [0.15, 0.2) is 35.9 Å². The Morgan fingerprint density at radius 2 is 2.12 bits per heavy atom. The molecule has 0 radical (unpaired) electrons. The lowest BCUT2D eigenvalue weighted by atomic mass is 10.1. The summed E-state index contributed by atoms with van der Waals surface area (Å²) in [6, 6.07) is 6.00. The first-order valence-corrected chi connectivity index (χ1v) is 8.65. The molecule has 0 saturated heterocycles. The predicted octanol–water partition coefficient (Wildman–Crippen LogP) is 3.48.